The summed E-state index contributed by atoms with van der Waals surface area (Å²) in [5.74, 6) is 5.02. The quantitative estimate of drug-likeness (QED) is 0.362. The number of carbonyl (C=O) groups excluding carboxylic acids is 3. The van der Waals surface area contributed by atoms with Crippen molar-refractivity contribution >= 4 is 17.7 Å². The van der Waals surface area contributed by atoms with Gasteiger partial charge in [-0.05, 0) is 18.9 Å². The normalized spacial score (nSPS) is 16.6. The average molecular weight is 279 g/mol. The maximum atomic E-state index is 11.9. The van der Waals surface area contributed by atoms with E-state index in [4.69, 9.17) is 10.3 Å². The zero-order chi connectivity index (χ0) is 14.9. The molecule has 0 saturated carbocycles. The molecule has 1 fully saturated rings. The van der Waals surface area contributed by atoms with Gasteiger partial charge in [0.2, 0.25) is 11.8 Å². The second kappa shape index (κ2) is 5.46. The molecule has 108 valence electrons. The van der Waals surface area contributed by atoms with Gasteiger partial charge < -0.3 is 4.42 Å². The second-order valence-electron chi connectivity index (χ2n) is 5.04. The maximum Gasteiger partial charge on any atom is 0.268 e. The van der Waals surface area contributed by atoms with Gasteiger partial charge >= 0.3 is 0 Å². The Bertz CT molecular complexity index is 546. The highest BCUT2D eigenvalue weighted by molar-refractivity contribution is 5.98. The van der Waals surface area contributed by atoms with E-state index in [1.54, 1.807) is 6.92 Å². The van der Waals surface area contributed by atoms with E-state index in [-0.39, 0.29) is 24.3 Å². The fourth-order valence-electron chi connectivity index (χ4n) is 2.28. The smallest absolute Gasteiger partial charge is 0.268 e. The molecule has 1 aromatic heterocycles. The number of furan rings is 1. The van der Waals surface area contributed by atoms with E-state index in [9.17, 15) is 14.4 Å². The van der Waals surface area contributed by atoms with E-state index in [0.29, 0.717) is 29.9 Å². The van der Waals surface area contributed by atoms with Gasteiger partial charge in [-0.2, -0.15) is 0 Å². The number of carbonyl (C=O) groups is 3. The lowest BCUT2D eigenvalue weighted by molar-refractivity contribution is -0.150. The number of nitrogens with two attached hydrogens (primary N) is 1. The Morgan fingerprint density at radius 2 is 2.05 bits per heavy atom. The number of likely N-dealkylation sites (tertiary alicyclic amines) is 1. The first-order valence-electron chi connectivity index (χ1n) is 6.35. The van der Waals surface area contributed by atoms with Gasteiger partial charge in [-0.25, -0.2) is 5.84 Å². The molecule has 2 heterocycles. The Labute approximate surface area is 116 Å². The first-order valence-corrected chi connectivity index (χ1v) is 6.35. The molecule has 3 amide bonds. The van der Waals surface area contributed by atoms with Crippen molar-refractivity contribution in [3.8, 4) is 0 Å². The number of nitrogen functional groups attached to an aromatic ring is 1. The summed E-state index contributed by atoms with van der Waals surface area (Å²) in [5, 5.41) is 0. The number of hydrogen-bond donors (Lipinski definition) is 2. The molecule has 7 nitrogen and oxygen atoms in total. The van der Waals surface area contributed by atoms with Gasteiger partial charge in [0.15, 0.2) is 0 Å². The van der Waals surface area contributed by atoms with Gasteiger partial charge in [0, 0.05) is 12.8 Å². The number of nitrogens with zero attached hydrogens (tertiary/aromatic N) is 1. The lowest BCUT2D eigenvalue weighted by Crippen LogP contribution is -2.42. The molecule has 0 aliphatic carbocycles. The molecule has 2 rings (SSSR count). The third-order valence-electron chi connectivity index (χ3n) is 3.31. The zero-order valence-electron chi connectivity index (χ0n) is 11.4. The number of hydrogen-bond acceptors (Lipinski definition) is 5. The molecule has 0 unspecified atom stereocenters. The summed E-state index contributed by atoms with van der Waals surface area (Å²) in [6.45, 7) is 3.53. The Morgan fingerprint density at radius 1 is 1.45 bits per heavy atom. The van der Waals surface area contributed by atoms with E-state index < -0.39 is 5.91 Å². The van der Waals surface area contributed by atoms with Crippen molar-refractivity contribution in [3.05, 3.63) is 23.2 Å². The highest BCUT2D eigenvalue weighted by Gasteiger charge is 2.31. The third kappa shape index (κ3) is 2.72. The number of imide groups is 1. The fraction of sp³-hybridized carbons (Fsp3) is 0.462. The average Bonchev–Trinajstić information content (AvgIpc) is 2.74. The highest BCUT2D eigenvalue weighted by atomic mass is 16.3. The summed E-state index contributed by atoms with van der Waals surface area (Å²) in [7, 11) is 0. The monoisotopic (exact) mass is 279 g/mol. The van der Waals surface area contributed by atoms with Crippen molar-refractivity contribution in [1.82, 2.24) is 10.3 Å². The number of aryl methyl sites for hydroxylation is 1. The molecule has 20 heavy (non-hydrogen) atoms. The van der Waals surface area contributed by atoms with Crippen LogP contribution in [0, 0.1) is 12.8 Å². The number of nitrogens with one attached hydrogen (secondary N) is 1. The van der Waals surface area contributed by atoms with E-state index in [0.717, 1.165) is 0 Å². The van der Waals surface area contributed by atoms with Crippen LogP contribution in [0.25, 0.3) is 0 Å². The van der Waals surface area contributed by atoms with E-state index >= 15 is 0 Å². The predicted molar refractivity (Wildman–Crippen MR) is 69.1 cm³/mol. The molecule has 1 aliphatic heterocycles. The lowest BCUT2D eigenvalue weighted by atomic mass is 9.98. The number of amides is 3. The van der Waals surface area contributed by atoms with Crippen molar-refractivity contribution in [3.63, 3.8) is 0 Å². The van der Waals surface area contributed by atoms with Crippen LogP contribution in [-0.4, -0.2) is 22.6 Å². The summed E-state index contributed by atoms with van der Waals surface area (Å²) in [6.07, 6.45) is 0.698. The van der Waals surface area contributed by atoms with Gasteiger partial charge in [0.1, 0.15) is 11.5 Å². The van der Waals surface area contributed by atoms with Gasteiger partial charge in [0.25, 0.3) is 5.91 Å². The van der Waals surface area contributed by atoms with Crippen LogP contribution in [0.2, 0.25) is 0 Å². The molecule has 0 radical (unpaired) electrons. The largest absolute Gasteiger partial charge is 0.464 e. The van der Waals surface area contributed by atoms with Crippen molar-refractivity contribution in [1.29, 1.82) is 0 Å². The number of hydrazine groups is 1. The fourth-order valence-corrected chi connectivity index (χ4v) is 2.28. The summed E-state index contributed by atoms with van der Waals surface area (Å²) < 4.78 is 5.40. The van der Waals surface area contributed by atoms with E-state index in [1.807, 2.05) is 12.3 Å². The molecule has 1 aromatic rings. The van der Waals surface area contributed by atoms with E-state index in [2.05, 4.69) is 0 Å². The summed E-state index contributed by atoms with van der Waals surface area (Å²) in [6, 6.07) is 1.50. The van der Waals surface area contributed by atoms with Crippen LogP contribution in [0.1, 0.15) is 41.6 Å². The summed E-state index contributed by atoms with van der Waals surface area (Å²) >= 11 is 0. The predicted octanol–water partition coefficient (Wildman–Crippen LogP) is 0.477. The minimum Gasteiger partial charge on any atom is -0.464 e. The highest BCUT2D eigenvalue weighted by Crippen LogP contribution is 2.22. The number of rotatable bonds is 3. The van der Waals surface area contributed by atoms with Gasteiger partial charge in [-0.1, -0.05) is 6.92 Å². The van der Waals surface area contributed by atoms with Crippen molar-refractivity contribution in [2.75, 3.05) is 0 Å². The molecule has 1 aliphatic rings. The molecule has 0 atom stereocenters. The van der Waals surface area contributed by atoms with Crippen LogP contribution in [0.5, 0.6) is 0 Å². The van der Waals surface area contributed by atoms with Gasteiger partial charge in [0.05, 0.1) is 12.1 Å². The van der Waals surface area contributed by atoms with Crippen molar-refractivity contribution in [2.24, 2.45) is 11.8 Å². The molecule has 0 bridgehead atoms. The van der Waals surface area contributed by atoms with Crippen LogP contribution < -0.4 is 11.3 Å². The van der Waals surface area contributed by atoms with Gasteiger partial charge in [-0.3, -0.25) is 24.7 Å². The molecule has 7 heteroatoms. The SMILES string of the molecule is Cc1oc(CN2C(=O)CC(C)CC2=O)cc1C(=O)NN. The molecule has 1 saturated heterocycles. The Balaban J connectivity index is 2.16. The van der Waals surface area contributed by atoms with Crippen LogP contribution in [0.4, 0.5) is 0 Å². The van der Waals surface area contributed by atoms with Gasteiger partial charge in [-0.15, -0.1) is 0 Å². The second-order valence-corrected chi connectivity index (χ2v) is 5.04. The Morgan fingerprint density at radius 3 is 2.60 bits per heavy atom. The Hall–Kier alpha value is -2.15. The van der Waals surface area contributed by atoms with Crippen molar-refractivity contribution < 1.29 is 18.8 Å². The minimum atomic E-state index is -0.470. The Kier molecular flexibility index (Phi) is 3.89. The van der Waals surface area contributed by atoms with Crippen LogP contribution in [0.3, 0.4) is 0 Å². The topological polar surface area (TPSA) is 106 Å². The van der Waals surface area contributed by atoms with Crippen LogP contribution >= 0.6 is 0 Å². The zero-order valence-corrected chi connectivity index (χ0v) is 11.4. The standard InChI is InChI=1S/C13H17N3O4/c1-7-3-11(17)16(12(18)4-7)6-9-5-10(8(2)20-9)13(19)15-14/h5,7H,3-4,6,14H2,1-2H3,(H,15,19). The first-order chi connectivity index (χ1) is 9.42. The minimum absolute atomic E-state index is 0.0447. The van der Waals surface area contributed by atoms with Crippen LogP contribution in [-0.2, 0) is 16.1 Å². The van der Waals surface area contributed by atoms with E-state index in [1.165, 1.54) is 11.0 Å². The van der Waals surface area contributed by atoms with Crippen LogP contribution in [0.15, 0.2) is 10.5 Å². The third-order valence-corrected chi connectivity index (χ3v) is 3.31. The summed E-state index contributed by atoms with van der Waals surface area (Å²) in [5.41, 5.74) is 2.31. The number of piperidine rings is 1. The summed E-state index contributed by atoms with van der Waals surface area (Å²) in [4.78, 5) is 36.4. The first kappa shape index (κ1) is 14.3. The molecular formula is C13H17N3O4. The maximum absolute atomic E-state index is 11.9. The van der Waals surface area contributed by atoms with Crippen molar-refractivity contribution in [2.45, 2.75) is 33.2 Å². The molecule has 3 N–H and O–H groups in total. The molecular weight excluding hydrogens is 262 g/mol. The molecule has 0 aromatic carbocycles. The molecule has 0 spiro atoms. The lowest BCUT2D eigenvalue weighted by Gasteiger charge is -2.27.